The normalized spacial score (nSPS) is 20.8. The number of nitrogens with zero attached hydrogens (tertiary/aromatic N) is 1. The summed E-state index contributed by atoms with van der Waals surface area (Å²) in [6, 6.07) is 4.06. The Balaban J connectivity index is 2.27. The van der Waals surface area contributed by atoms with Gasteiger partial charge in [0, 0.05) is 12.2 Å². The summed E-state index contributed by atoms with van der Waals surface area (Å²) in [7, 11) is 0. The first-order chi connectivity index (χ1) is 7.31. The van der Waals surface area contributed by atoms with E-state index in [0.717, 1.165) is 25.9 Å². The lowest BCUT2D eigenvalue weighted by molar-refractivity contribution is 0.731. The fraction of sp³-hybridized carbons (Fsp3) is 0.583. The summed E-state index contributed by atoms with van der Waals surface area (Å²) in [5.74, 6) is 0.635. The quantitative estimate of drug-likeness (QED) is 0.799. The number of aromatic nitrogens is 1. The third kappa shape index (κ3) is 2.50. The molecule has 1 unspecified atom stereocenters. The van der Waals surface area contributed by atoms with Gasteiger partial charge < -0.3 is 5.32 Å². The number of pyridine rings is 1. The van der Waals surface area contributed by atoms with Crippen LogP contribution in [0.1, 0.15) is 36.9 Å². The monoisotopic (exact) mass is 224 g/mol. The zero-order chi connectivity index (χ0) is 10.7. The largest absolute Gasteiger partial charge is 0.316 e. The number of nitrogens with one attached hydrogen (secondary N) is 1. The van der Waals surface area contributed by atoms with E-state index in [2.05, 4.69) is 23.3 Å². The third-order valence-electron chi connectivity index (χ3n) is 2.96. The van der Waals surface area contributed by atoms with E-state index in [9.17, 15) is 0 Å². The first-order valence-corrected chi connectivity index (χ1v) is 6.05. The summed E-state index contributed by atoms with van der Waals surface area (Å²) in [6.45, 7) is 4.39. The second kappa shape index (κ2) is 4.95. The zero-order valence-corrected chi connectivity index (χ0v) is 9.85. The molecule has 1 aliphatic rings. The van der Waals surface area contributed by atoms with Crippen molar-refractivity contribution in [3.8, 4) is 0 Å². The molecule has 15 heavy (non-hydrogen) atoms. The smallest absolute Gasteiger partial charge is 0.129 e. The average molecular weight is 225 g/mol. The van der Waals surface area contributed by atoms with Crippen molar-refractivity contribution in [2.24, 2.45) is 0 Å². The lowest BCUT2D eigenvalue weighted by atomic mass is 9.95. The SMILES string of the molecule is CCCc1nc(Cl)ccc1C1CCNC1. The van der Waals surface area contributed by atoms with E-state index < -0.39 is 0 Å². The lowest BCUT2D eigenvalue weighted by Crippen LogP contribution is -2.10. The van der Waals surface area contributed by atoms with Crippen molar-refractivity contribution < 1.29 is 0 Å². The van der Waals surface area contributed by atoms with E-state index >= 15 is 0 Å². The maximum Gasteiger partial charge on any atom is 0.129 e. The van der Waals surface area contributed by atoms with E-state index in [1.165, 1.54) is 17.7 Å². The van der Waals surface area contributed by atoms with Gasteiger partial charge >= 0.3 is 0 Å². The van der Waals surface area contributed by atoms with E-state index in [4.69, 9.17) is 11.6 Å². The Morgan fingerprint density at radius 2 is 2.40 bits per heavy atom. The molecule has 1 aromatic rings. The third-order valence-corrected chi connectivity index (χ3v) is 3.17. The van der Waals surface area contributed by atoms with Crippen molar-refractivity contribution in [2.45, 2.75) is 32.1 Å². The standard InChI is InChI=1S/C12H17ClN2/c1-2-3-11-10(4-5-12(13)15-11)9-6-7-14-8-9/h4-5,9,14H,2-3,6-8H2,1H3. The van der Waals surface area contributed by atoms with Crippen molar-refractivity contribution in [2.75, 3.05) is 13.1 Å². The van der Waals surface area contributed by atoms with E-state index in [1.807, 2.05) is 6.07 Å². The van der Waals surface area contributed by atoms with Crippen LogP contribution in [-0.4, -0.2) is 18.1 Å². The molecule has 1 atom stereocenters. The molecule has 0 amide bonds. The van der Waals surface area contributed by atoms with Crippen LogP contribution in [0.2, 0.25) is 5.15 Å². The Morgan fingerprint density at radius 3 is 3.07 bits per heavy atom. The summed E-state index contributed by atoms with van der Waals surface area (Å²) >= 11 is 5.93. The average Bonchev–Trinajstić information content (AvgIpc) is 2.71. The van der Waals surface area contributed by atoms with Crippen LogP contribution in [0.5, 0.6) is 0 Å². The molecular weight excluding hydrogens is 208 g/mol. The molecule has 0 radical (unpaired) electrons. The summed E-state index contributed by atoms with van der Waals surface area (Å²) in [5, 5.41) is 4.01. The van der Waals surface area contributed by atoms with Crippen LogP contribution in [0.3, 0.4) is 0 Å². The molecule has 0 spiro atoms. The topological polar surface area (TPSA) is 24.9 Å². The number of hydrogen-bond acceptors (Lipinski definition) is 2. The van der Waals surface area contributed by atoms with Crippen molar-refractivity contribution in [3.63, 3.8) is 0 Å². The minimum Gasteiger partial charge on any atom is -0.316 e. The lowest BCUT2D eigenvalue weighted by Gasteiger charge is -2.13. The van der Waals surface area contributed by atoms with Gasteiger partial charge in [-0.15, -0.1) is 0 Å². The Kier molecular flexibility index (Phi) is 3.60. The van der Waals surface area contributed by atoms with E-state index in [0.29, 0.717) is 11.1 Å². The Labute approximate surface area is 96.1 Å². The maximum atomic E-state index is 5.93. The van der Waals surface area contributed by atoms with E-state index in [-0.39, 0.29) is 0 Å². The van der Waals surface area contributed by atoms with Gasteiger partial charge in [0.15, 0.2) is 0 Å². The van der Waals surface area contributed by atoms with Crippen molar-refractivity contribution in [1.82, 2.24) is 10.3 Å². The highest BCUT2D eigenvalue weighted by molar-refractivity contribution is 6.29. The molecule has 1 saturated heterocycles. The molecule has 1 fully saturated rings. The molecule has 2 rings (SSSR count). The van der Waals surface area contributed by atoms with Gasteiger partial charge in [0.05, 0.1) is 0 Å². The fourth-order valence-corrected chi connectivity index (χ4v) is 2.38. The first-order valence-electron chi connectivity index (χ1n) is 5.67. The number of halogens is 1. The van der Waals surface area contributed by atoms with Crippen LogP contribution in [-0.2, 0) is 6.42 Å². The Hall–Kier alpha value is -0.600. The van der Waals surface area contributed by atoms with Crippen molar-refractivity contribution >= 4 is 11.6 Å². The predicted molar refractivity (Wildman–Crippen MR) is 63.5 cm³/mol. The van der Waals surface area contributed by atoms with Gasteiger partial charge in [-0.25, -0.2) is 4.98 Å². The molecule has 1 aromatic heterocycles. The van der Waals surface area contributed by atoms with Gasteiger partial charge in [0.1, 0.15) is 5.15 Å². The van der Waals surface area contributed by atoms with Crippen LogP contribution >= 0.6 is 11.6 Å². The van der Waals surface area contributed by atoms with Crippen LogP contribution in [0, 0.1) is 0 Å². The highest BCUT2D eigenvalue weighted by Crippen LogP contribution is 2.26. The molecule has 0 aromatic carbocycles. The molecule has 2 nitrogen and oxygen atoms in total. The molecular formula is C12H17ClN2. The number of rotatable bonds is 3. The summed E-state index contributed by atoms with van der Waals surface area (Å²) in [5.41, 5.74) is 2.59. The molecule has 1 aliphatic heterocycles. The number of aryl methyl sites for hydroxylation is 1. The molecule has 0 bridgehead atoms. The second-order valence-corrected chi connectivity index (χ2v) is 4.50. The summed E-state index contributed by atoms with van der Waals surface area (Å²) in [6.07, 6.45) is 3.38. The van der Waals surface area contributed by atoms with Crippen LogP contribution in [0.15, 0.2) is 12.1 Å². The van der Waals surface area contributed by atoms with Crippen molar-refractivity contribution in [3.05, 3.63) is 28.5 Å². The second-order valence-electron chi connectivity index (χ2n) is 4.11. The van der Waals surface area contributed by atoms with Crippen molar-refractivity contribution in [1.29, 1.82) is 0 Å². The minimum atomic E-state index is 0.619. The molecule has 0 aliphatic carbocycles. The van der Waals surface area contributed by atoms with Gasteiger partial charge in [-0.2, -0.15) is 0 Å². The van der Waals surface area contributed by atoms with Gasteiger partial charge in [-0.1, -0.05) is 31.0 Å². The predicted octanol–water partition coefficient (Wildman–Crippen LogP) is 2.76. The van der Waals surface area contributed by atoms with Crippen LogP contribution in [0.4, 0.5) is 0 Å². The molecule has 82 valence electrons. The zero-order valence-electron chi connectivity index (χ0n) is 9.09. The van der Waals surface area contributed by atoms with Gasteiger partial charge in [-0.3, -0.25) is 0 Å². The fourth-order valence-electron chi connectivity index (χ4n) is 2.21. The number of hydrogen-bond donors (Lipinski definition) is 1. The molecule has 2 heterocycles. The first kappa shape index (κ1) is 10.9. The highest BCUT2D eigenvalue weighted by atomic mass is 35.5. The van der Waals surface area contributed by atoms with Gasteiger partial charge in [0.2, 0.25) is 0 Å². The highest BCUT2D eigenvalue weighted by Gasteiger charge is 2.19. The summed E-state index contributed by atoms with van der Waals surface area (Å²) < 4.78 is 0. The summed E-state index contributed by atoms with van der Waals surface area (Å²) in [4.78, 5) is 4.45. The molecule has 1 N–H and O–H groups in total. The van der Waals surface area contributed by atoms with E-state index in [1.54, 1.807) is 0 Å². The minimum absolute atomic E-state index is 0.619. The maximum absolute atomic E-state index is 5.93. The Morgan fingerprint density at radius 1 is 1.53 bits per heavy atom. The van der Waals surface area contributed by atoms with Crippen LogP contribution < -0.4 is 5.32 Å². The van der Waals surface area contributed by atoms with Gasteiger partial charge in [0.25, 0.3) is 0 Å². The Bertz CT molecular complexity index is 332. The molecule has 3 heteroatoms. The van der Waals surface area contributed by atoms with Gasteiger partial charge in [-0.05, 0) is 36.9 Å². The van der Waals surface area contributed by atoms with Crippen LogP contribution in [0.25, 0.3) is 0 Å². The molecule has 0 saturated carbocycles.